The summed E-state index contributed by atoms with van der Waals surface area (Å²) < 4.78 is 80.7. The van der Waals surface area contributed by atoms with Crippen molar-refractivity contribution in [2.75, 3.05) is 26.4 Å². The molecule has 28 nitrogen and oxygen atoms in total. The summed E-state index contributed by atoms with van der Waals surface area (Å²) in [6.45, 7) is 11.2. The number of hydrogen-bond acceptors (Lipinski definition) is 32. The van der Waals surface area contributed by atoms with Crippen molar-refractivity contribution in [3.05, 3.63) is 139 Å². The second kappa shape index (κ2) is 45.1. The van der Waals surface area contributed by atoms with Gasteiger partial charge in [0, 0.05) is 13.8 Å². The van der Waals surface area contributed by atoms with Gasteiger partial charge in [-0.3, -0.25) is 28.8 Å². The van der Waals surface area contributed by atoms with Crippen LogP contribution in [0, 0.1) is 23.7 Å². The first kappa shape index (κ1) is 92.3. The lowest BCUT2D eigenvalue weighted by molar-refractivity contribution is -0.157. The van der Waals surface area contributed by atoms with Crippen molar-refractivity contribution in [2.24, 2.45) is 23.7 Å². The molecule has 650 valence electrons. The molecule has 0 unspecified atom stereocenters. The van der Waals surface area contributed by atoms with E-state index in [4.69, 9.17) is 66.3 Å². The molecule has 0 saturated heterocycles. The van der Waals surface area contributed by atoms with Gasteiger partial charge in [-0.25, -0.2) is 38.4 Å². The lowest BCUT2D eigenvalue weighted by atomic mass is 9.87. The molecular formula is C90H98O28S4. The first-order chi connectivity index (χ1) is 58.9. The first-order valence-electron chi connectivity index (χ1n) is 41.5. The van der Waals surface area contributed by atoms with Gasteiger partial charge in [-0.1, -0.05) is 100 Å². The zero-order valence-corrected chi connectivity index (χ0v) is 72.0. The minimum Gasteiger partial charge on any atom is -0.462 e. The van der Waals surface area contributed by atoms with Crippen LogP contribution in [0.15, 0.2) is 136 Å². The van der Waals surface area contributed by atoms with E-state index < -0.39 is 143 Å². The molecule has 4 saturated carbocycles. The Hall–Kier alpha value is -10.4. The number of ether oxygens (including phenoxy) is 14. The summed E-state index contributed by atoms with van der Waals surface area (Å²) in [7, 11) is 0. The van der Waals surface area contributed by atoms with Crippen LogP contribution in [0.5, 0.6) is 34.5 Å². The molecule has 2 aliphatic heterocycles. The molecular weight excluding hydrogens is 1660 g/mol. The predicted octanol–water partition coefficient (Wildman–Crippen LogP) is 17.0. The highest BCUT2D eigenvalue weighted by Gasteiger charge is 2.46. The van der Waals surface area contributed by atoms with Crippen LogP contribution in [-0.4, -0.2) is 134 Å². The van der Waals surface area contributed by atoms with Gasteiger partial charge < -0.3 is 66.3 Å². The average molecular weight is 1760 g/mol. The van der Waals surface area contributed by atoms with Crippen LogP contribution in [-0.2, 0) is 85.8 Å². The third-order valence-corrected chi connectivity index (χ3v) is 26.2. The zero-order chi connectivity index (χ0) is 86.9. The van der Waals surface area contributed by atoms with E-state index in [9.17, 15) is 47.9 Å². The number of carbonyl (C=O) groups is 14. The van der Waals surface area contributed by atoms with E-state index >= 15 is 19.2 Å². The number of hydrogen-bond donors (Lipinski definition) is 0. The Balaban J connectivity index is 0.840. The van der Waals surface area contributed by atoms with Gasteiger partial charge in [-0.2, -0.15) is 0 Å². The number of benzene rings is 5. The van der Waals surface area contributed by atoms with Gasteiger partial charge in [0.2, 0.25) is 0 Å². The maximum Gasteiger partial charge on any atom is 0.347 e. The van der Waals surface area contributed by atoms with Crippen molar-refractivity contribution >= 4 is 131 Å². The Bertz CT molecular complexity index is 4160. The summed E-state index contributed by atoms with van der Waals surface area (Å²) in [6, 6.07) is 23.9. The van der Waals surface area contributed by atoms with Gasteiger partial charge in [0.25, 0.3) is 0 Å². The highest BCUT2D eigenvalue weighted by molar-refractivity contribution is 8.26. The largest absolute Gasteiger partial charge is 0.462 e. The normalized spacial score (nSPS) is 19.6. The van der Waals surface area contributed by atoms with Crippen molar-refractivity contribution in [3.63, 3.8) is 0 Å². The maximum absolute atomic E-state index is 15.1. The van der Waals surface area contributed by atoms with E-state index in [1.165, 1.54) is 97.1 Å². The highest BCUT2D eigenvalue weighted by Crippen LogP contribution is 2.69. The van der Waals surface area contributed by atoms with Crippen LogP contribution in [0.25, 0.3) is 0 Å². The number of rotatable bonds is 34. The molecule has 0 bridgehead atoms. The lowest BCUT2D eigenvalue weighted by Crippen LogP contribution is -2.33. The molecule has 5 aromatic carbocycles. The quantitative estimate of drug-likeness (QED) is 0.00702. The zero-order valence-electron chi connectivity index (χ0n) is 68.7. The molecule has 0 N–H and O–H groups in total. The van der Waals surface area contributed by atoms with Gasteiger partial charge in [-0.15, -0.1) is 0 Å². The van der Waals surface area contributed by atoms with E-state index in [1.54, 1.807) is 0 Å². The second-order valence-electron chi connectivity index (χ2n) is 30.2. The number of esters is 14. The number of carbonyl (C=O) groups excluding carboxylic acids is 14. The Morgan fingerprint density at radius 1 is 0.279 bits per heavy atom. The second-order valence-corrected chi connectivity index (χ2v) is 34.8. The van der Waals surface area contributed by atoms with Gasteiger partial charge in [0.05, 0.1) is 100 Å². The smallest absolute Gasteiger partial charge is 0.347 e. The summed E-state index contributed by atoms with van der Waals surface area (Å²) in [5.74, 6) is -12.6. The van der Waals surface area contributed by atoms with Gasteiger partial charge in [-0.05, 0) is 225 Å². The predicted molar refractivity (Wildman–Crippen MR) is 443 cm³/mol. The summed E-state index contributed by atoms with van der Waals surface area (Å²) in [5.41, 5.74) is -0.0552. The number of thioether (sulfide) groups is 4. The monoisotopic (exact) mass is 1750 g/mol. The molecule has 11 rings (SSSR count). The van der Waals surface area contributed by atoms with Crippen molar-refractivity contribution in [1.82, 2.24) is 0 Å². The van der Waals surface area contributed by atoms with Gasteiger partial charge in [0.15, 0.2) is 22.6 Å². The van der Waals surface area contributed by atoms with E-state index in [0.717, 1.165) is 86.6 Å². The van der Waals surface area contributed by atoms with Crippen LogP contribution in [0.4, 0.5) is 0 Å². The molecule has 122 heavy (non-hydrogen) atoms. The summed E-state index contributed by atoms with van der Waals surface area (Å²) >= 11 is 3.14. The molecule has 6 aliphatic rings. The van der Waals surface area contributed by atoms with Crippen molar-refractivity contribution < 1.29 is 133 Å². The van der Waals surface area contributed by atoms with Crippen LogP contribution in [0.1, 0.15) is 237 Å². The van der Waals surface area contributed by atoms with Crippen LogP contribution in [0.2, 0.25) is 0 Å². The maximum atomic E-state index is 15.1. The molecule has 0 amide bonds. The van der Waals surface area contributed by atoms with E-state index in [1.807, 2.05) is 27.7 Å². The Kier molecular flexibility index (Phi) is 34.1. The fourth-order valence-electron chi connectivity index (χ4n) is 14.1. The fourth-order valence-corrected chi connectivity index (χ4v) is 19.6. The molecule has 2 heterocycles. The molecule has 0 aromatic heterocycles. The standard InChI is InChI=1S/C90H98O28S4/c1-7-11-47-105-77(93)53-15-31-61(32-16-53)111-81(97)57-23-39-65(40-24-57)115-85(101)69(86(102)116-66-41-25-58(26-42-66)82(98)112-62-33-17-54(18-34-62)78(94)106-48-12-8-2)89-119-73-71(109-51(5)91)75-76(72(74(73)120-89)110-52(6)92)122-90(121-75)70(87(103)117-67-43-27-59(28-44-67)83(99)113-63-35-19-55(20-36-63)79(95)107-49-13-9-3)88(104)118-68-45-29-60(30-46-68)84(100)114-64-37-21-56(22-38-64)80(96)108-50-14-10-4/h15-22,31-38,57-60,65-68H,7-14,23-30,39-50H2,1-6H3. The summed E-state index contributed by atoms with van der Waals surface area (Å²) in [4.78, 5) is 192. The van der Waals surface area contributed by atoms with Crippen molar-refractivity contribution in [3.8, 4) is 34.5 Å². The SMILES string of the molecule is CCCCOC(=O)c1ccc(OC(=O)C2CCC(OC(=O)C(C(=O)OC3CCC(C(=O)Oc4ccc(C(=O)OCCCC)cc4)CC3)=C3Sc4c(OC(C)=O)c5c(c(OC(C)=O)c4S3)SC(=C(C(=O)OC3CCC(C(=O)Oc4ccc(C(=O)OCCCC)cc4)CC3)C(=O)OC3CCC(C(=O)Oc4ccc(C(=O)OCCCC)cc4)CC3)S5)CC2)cc1. The number of unbranched alkanes of at least 4 members (excludes halogenated alkanes) is 4. The lowest BCUT2D eigenvalue weighted by Gasteiger charge is -2.28. The third-order valence-electron chi connectivity index (χ3n) is 21.0. The van der Waals surface area contributed by atoms with Gasteiger partial charge in [0.1, 0.15) is 47.4 Å². The van der Waals surface area contributed by atoms with Crippen LogP contribution < -0.4 is 28.4 Å². The molecule has 4 aliphatic carbocycles. The summed E-state index contributed by atoms with van der Waals surface area (Å²) in [5, 5.41) is 0. The van der Waals surface area contributed by atoms with Crippen LogP contribution in [0.3, 0.4) is 0 Å². The third kappa shape index (κ3) is 25.4. The molecule has 0 spiro atoms. The topological polar surface area (TPSA) is 368 Å². The minimum absolute atomic E-state index is 0.0556. The van der Waals surface area contributed by atoms with E-state index in [0.29, 0.717) is 25.7 Å². The molecule has 0 atom stereocenters. The van der Waals surface area contributed by atoms with E-state index in [2.05, 4.69) is 0 Å². The first-order valence-corrected chi connectivity index (χ1v) is 44.7. The molecule has 5 aromatic rings. The Morgan fingerprint density at radius 3 is 0.656 bits per heavy atom. The Labute approximate surface area is 722 Å². The minimum atomic E-state index is -1.13. The Morgan fingerprint density at radius 2 is 0.475 bits per heavy atom. The summed E-state index contributed by atoms with van der Waals surface area (Å²) in [6.07, 6.45) is 5.71. The fraction of sp³-hybridized carbons (Fsp3) is 0.467. The number of fused-ring (bicyclic) bond motifs is 2. The molecule has 32 heteroatoms. The van der Waals surface area contributed by atoms with Crippen molar-refractivity contribution in [2.45, 2.75) is 240 Å². The van der Waals surface area contributed by atoms with E-state index in [-0.39, 0.29) is 214 Å². The van der Waals surface area contributed by atoms with Crippen molar-refractivity contribution in [1.29, 1.82) is 0 Å². The molecule has 4 fully saturated rings. The average Bonchev–Trinajstić information content (AvgIpc) is 1.57. The van der Waals surface area contributed by atoms with Gasteiger partial charge >= 0.3 is 83.6 Å². The highest BCUT2D eigenvalue weighted by atomic mass is 32.2. The van der Waals surface area contributed by atoms with Crippen LogP contribution >= 0.6 is 47.0 Å². The molecule has 0 radical (unpaired) electrons.